The Balaban J connectivity index is 2.99. The number of benzene rings is 1. The molecule has 0 bridgehead atoms. The van der Waals surface area contributed by atoms with Crippen LogP contribution in [0.5, 0.6) is 5.75 Å². The molecule has 6 heteroatoms. The Bertz CT molecular complexity index is 469. The molecule has 0 aliphatic heterocycles. The first-order chi connectivity index (χ1) is 7.36. The highest BCUT2D eigenvalue weighted by molar-refractivity contribution is 7.93. The van der Waals surface area contributed by atoms with Crippen molar-refractivity contribution in [2.75, 3.05) is 17.6 Å². The van der Waals surface area contributed by atoms with Crippen molar-refractivity contribution in [1.29, 1.82) is 0 Å². The Morgan fingerprint density at radius 1 is 1.38 bits per heavy atom. The van der Waals surface area contributed by atoms with Crippen molar-refractivity contribution in [3.8, 4) is 5.75 Å². The summed E-state index contributed by atoms with van der Waals surface area (Å²) >= 11 is 0. The summed E-state index contributed by atoms with van der Waals surface area (Å²) in [7, 11) is -1.86. The van der Waals surface area contributed by atoms with Crippen molar-refractivity contribution in [2.24, 2.45) is 0 Å². The number of ether oxygens (including phenoxy) is 1. The molecule has 0 saturated carbocycles. The van der Waals surface area contributed by atoms with Gasteiger partial charge in [-0.05, 0) is 26.0 Å². The van der Waals surface area contributed by atoms with Crippen molar-refractivity contribution in [2.45, 2.75) is 19.1 Å². The van der Waals surface area contributed by atoms with Crippen LogP contribution in [0.2, 0.25) is 0 Å². The summed E-state index contributed by atoms with van der Waals surface area (Å²) in [4.78, 5) is 0. The number of nitrogens with two attached hydrogens (primary N) is 1. The fraction of sp³-hybridized carbons (Fsp3) is 0.400. The average Bonchev–Trinajstić information content (AvgIpc) is 2.20. The predicted octanol–water partition coefficient (Wildman–Crippen LogP) is 1.43. The minimum Gasteiger partial charge on any atom is -0.495 e. The molecular weight excluding hydrogens is 228 g/mol. The number of nitrogen functional groups attached to an aromatic ring is 1. The highest BCUT2D eigenvalue weighted by Crippen LogP contribution is 2.25. The van der Waals surface area contributed by atoms with Gasteiger partial charge in [0.05, 0.1) is 23.7 Å². The Morgan fingerprint density at radius 2 is 2.00 bits per heavy atom. The van der Waals surface area contributed by atoms with Crippen LogP contribution in [0.15, 0.2) is 18.2 Å². The number of hydrogen-bond acceptors (Lipinski definition) is 4. The zero-order chi connectivity index (χ0) is 12.3. The molecule has 0 aromatic heterocycles. The first-order valence-corrected chi connectivity index (χ1v) is 6.36. The molecule has 0 saturated heterocycles. The summed E-state index contributed by atoms with van der Waals surface area (Å²) in [5, 5.41) is -0.490. The van der Waals surface area contributed by atoms with Crippen molar-refractivity contribution in [1.82, 2.24) is 0 Å². The Kier molecular flexibility index (Phi) is 3.64. The van der Waals surface area contributed by atoms with E-state index in [0.717, 1.165) is 0 Å². The van der Waals surface area contributed by atoms with Gasteiger partial charge in [-0.2, -0.15) is 0 Å². The van der Waals surface area contributed by atoms with Gasteiger partial charge in [-0.3, -0.25) is 4.72 Å². The van der Waals surface area contributed by atoms with E-state index in [9.17, 15) is 8.42 Å². The van der Waals surface area contributed by atoms with Gasteiger partial charge in [-0.25, -0.2) is 8.42 Å². The normalized spacial score (nSPS) is 11.5. The molecule has 0 spiro atoms. The van der Waals surface area contributed by atoms with E-state index in [1.54, 1.807) is 32.0 Å². The van der Waals surface area contributed by atoms with Crippen molar-refractivity contribution < 1.29 is 13.2 Å². The largest absolute Gasteiger partial charge is 0.495 e. The molecule has 1 aromatic rings. The van der Waals surface area contributed by atoms with Crippen molar-refractivity contribution >= 4 is 21.4 Å². The van der Waals surface area contributed by atoms with E-state index < -0.39 is 15.3 Å². The summed E-state index contributed by atoms with van der Waals surface area (Å²) in [6, 6.07) is 4.74. The van der Waals surface area contributed by atoms with Gasteiger partial charge in [0.2, 0.25) is 10.0 Å². The van der Waals surface area contributed by atoms with Crippen LogP contribution in [-0.4, -0.2) is 20.8 Å². The third kappa shape index (κ3) is 2.79. The minimum absolute atomic E-state index is 0.444. The second kappa shape index (κ2) is 4.61. The first-order valence-electron chi connectivity index (χ1n) is 4.82. The molecule has 0 amide bonds. The van der Waals surface area contributed by atoms with Crippen LogP contribution >= 0.6 is 0 Å². The molecule has 1 aromatic carbocycles. The van der Waals surface area contributed by atoms with Gasteiger partial charge < -0.3 is 10.5 Å². The Morgan fingerprint density at radius 3 is 2.50 bits per heavy atom. The highest BCUT2D eigenvalue weighted by Gasteiger charge is 2.15. The number of sulfonamides is 1. The molecule has 0 fully saturated rings. The second-order valence-corrected chi connectivity index (χ2v) is 5.89. The average molecular weight is 244 g/mol. The maximum Gasteiger partial charge on any atom is 0.235 e. The second-order valence-electron chi connectivity index (χ2n) is 3.65. The zero-order valence-corrected chi connectivity index (χ0v) is 10.3. The van der Waals surface area contributed by atoms with E-state index in [2.05, 4.69) is 4.72 Å². The molecule has 0 unspecified atom stereocenters. The molecule has 0 aliphatic rings. The number of nitrogens with one attached hydrogen (secondary N) is 1. The maximum atomic E-state index is 11.6. The van der Waals surface area contributed by atoms with Crippen molar-refractivity contribution in [3.05, 3.63) is 18.2 Å². The van der Waals surface area contributed by atoms with E-state index in [-0.39, 0.29) is 0 Å². The van der Waals surface area contributed by atoms with Crippen LogP contribution in [0.4, 0.5) is 11.4 Å². The lowest BCUT2D eigenvalue weighted by Crippen LogP contribution is -2.22. The predicted molar refractivity (Wildman–Crippen MR) is 65.1 cm³/mol. The molecule has 0 heterocycles. The SMILES string of the molecule is COc1cc(NS(=O)(=O)C(C)C)ccc1N. The molecule has 1 rings (SSSR count). The third-order valence-electron chi connectivity index (χ3n) is 2.11. The standard InChI is InChI=1S/C10H16N2O3S/c1-7(2)16(13,14)12-8-4-5-9(11)10(6-8)15-3/h4-7,12H,11H2,1-3H3. The first kappa shape index (κ1) is 12.6. The quantitative estimate of drug-likeness (QED) is 0.785. The molecule has 0 radical (unpaired) electrons. The van der Waals surface area contributed by atoms with E-state index in [1.165, 1.54) is 7.11 Å². The van der Waals surface area contributed by atoms with E-state index in [0.29, 0.717) is 17.1 Å². The number of methoxy groups -OCH3 is 1. The van der Waals surface area contributed by atoms with Gasteiger partial charge in [0.25, 0.3) is 0 Å². The molecule has 0 atom stereocenters. The van der Waals surface area contributed by atoms with Gasteiger partial charge in [0.15, 0.2) is 0 Å². The van der Waals surface area contributed by atoms with E-state index in [1.807, 2.05) is 0 Å². The van der Waals surface area contributed by atoms with Gasteiger partial charge in [-0.15, -0.1) is 0 Å². The zero-order valence-electron chi connectivity index (χ0n) is 9.52. The number of rotatable bonds is 4. The molecule has 5 nitrogen and oxygen atoms in total. The number of anilines is 2. The monoisotopic (exact) mass is 244 g/mol. The van der Waals surface area contributed by atoms with Gasteiger partial charge >= 0.3 is 0 Å². The van der Waals surface area contributed by atoms with Crippen LogP contribution in [0.1, 0.15) is 13.8 Å². The minimum atomic E-state index is -3.34. The van der Waals surface area contributed by atoms with Gasteiger partial charge in [0.1, 0.15) is 5.75 Å². The van der Waals surface area contributed by atoms with Crippen LogP contribution in [0.25, 0.3) is 0 Å². The van der Waals surface area contributed by atoms with Crippen LogP contribution in [0.3, 0.4) is 0 Å². The summed E-state index contributed by atoms with van der Waals surface area (Å²) in [5.41, 5.74) is 6.53. The van der Waals surface area contributed by atoms with Gasteiger partial charge in [-0.1, -0.05) is 0 Å². The molecule has 90 valence electrons. The van der Waals surface area contributed by atoms with Crippen LogP contribution in [-0.2, 0) is 10.0 Å². The van der Waals surface area contributed by atoms with Gasteiger partial charge in [0, 0.05) is 6.07 Å². The van der Waals surface area contributed by atoms with Crippen molar-refractivity contribution in [3.63, 3.8) is 0 Å². The summed E-state index contributed by atoms with van der Waals surface area (Å²) in [5.74, 6) is 0.448. The lowest BCUT2D eigenvalue weighted by atomic mass is 10.2. The lowest BCUT2D eigenvalue weighted by molar-refractivity contribution is 0.417. The topological polar surface area (TPSA) is 81.4 Å². The third-order valence-corrected chi connectivity index (χ3v) is 3.88. The summed E-state index contributed by atoms with van der Waals surface area (Å²) in [6.07, 6.45) is 0. The molecular formula is C10H16N2O3S. The Labute approximate surface area is 95.7 Å². The smallest absolute Gasteiger partial charge is 0.235 e. The van der Waals surface area contributed by atoms with E-state index >= 15 is 0 Å². The number of hydrogen-bond donors (Lipinski definition) is 2. The lowest BCUT2D eigenvalue weighted by Gasteiger charge is -2.12. The van der Waals surface area contributed by atoms with Crippen LogP contribution < -0.4 is 15.2 Å². The fourth-order valence-electron chi connectivity index (χ4n) is 1.06. The summed E-state index contributed by atoms with van der Waals surface area (Å²) in [6.45, 7) is 3.22. The molecule has 0 aliphatic carbocycles. The summed E-state index contributed by atoms with van der Waals surface area (Å²) < 4.78 is 30.7. The van der Waals surface area contributed by atoms with Crippen LogP contribution in [0, 0.1) is 0 Å². The Hall–Kier alpha value is -1.43. The molecule has 3 N–H and O–H groups in total. The molecule has 16 heavy (non-hydrogen) atoms. The highest BCUT2D eigenvalue weighted by atomic mass is 32.2. The fourth-order valence-corrected chi connectivity index (χ4v) is 1.75. The maximum absolute atomic E-state index is 11.6. The van der Waals surface area contributed by atoms with E-state index in [4.69, 9.17) is 10.5 Å².